The van der Waals surface area contributed by atoms with Gasteiger partial charge in [0.25, 0.3) is 0 Å². The highest BCUT2D eigenvalue weighted by atomic mass is 16.5. The third kappa shape index (κ3) is 3.28. The second-order valence-electron chi connectivity index (χ2n) is 6.45. The van der Waals surface area contributed by atoms with Crippen molar-refractivity contribution in [2.24, 2.45) is 0 Å². The summed E-state index contributed by atoms with van der Waals surface area (Å²) >= 11 is 0. The molecule has 106 valence electrons. The van der Waals surface area contributed by atoms with Gasteiger partial charge in [0, 0.05) is 18.7 Å². The summed E-state index contributed by atoms with van der Waals surface area (Å²) in [6, 6.07) is 6.03. The zero-order valence-electron chi connectivity index (χ0n) is 12.4. The maximum atomic E-state index is 10.4. The summed E-state index contributed by atoms with van der Waals surface area (Å²) in [6.07, 6.45) is 2.40. The quantitative estimate of drug-likeness (QED) is 0.908. The smallest absolute Gasteiger partial charge is 0.123 e. The van der Waals surface area contributed by atoms with Gasteiger partial charge in [-0.2, -0.15) is 0 Å². The van der Waals surface area contributed by atoms with Gasteiger partial charge in [-0.25, -0.2) is 0 Å². The van der Waals surface area contributed by atoms with Crippen molar-refractivity contribution in [1.82, 2.24) is 4.90 Å². The normalized spacial score (nSPS) is 20.2. The maximum Gasteiger partial charge on any atom is 0.123 e. The SMILES string of the molecule is CN(Cc1cccc(C(C)(C)C)c1O)C1CCCO1. The number of hydrogen-bond donors (Lipinski definition) is 1. The predicted octanol–water partition coefficient (Wildman–Crippen LogP) is 3.26. The summed E-state index contributed by atoms with van der Waals surface area (Å²) in [6.45, 7) is 7.93. The van der Waals surface area contributed by atoms with Crippen molar-refractivity contribution >= 4 is 0 Å². The number of ether oxygens (including phenoxy) is 1. The standard InChI is InChI=1S/C16H25NO2/c1-16(2,3)13-8-5-7-12(15(13)18)11-17(4)14-9-6-10-19-14/h5,7-8,14,18H,6,9-11H2,1-4H3. The molecule has 1 N–H and O–H groups in total. The van der Waals surface area contributed by atoms with Gasteiger partial charge in [0.15, 0.2) is 0 Å². The van der Waals surface area contributed by atoms with Gasteiger partial charge < -0.3 is 9.84 Å². The van der Waals surface area contributed by atoms with E-state index in [0.29, 0.717) is 5.75 Å². The van der Waals surface area contributed by atoms with Gasteiger partial charge in [0.05, 0.1) is 0 Å². The molecule has 1 atom stereocenters. The van der Waals surface area contributed by atoms with Crippen LogP contribution in [0.4, 0.5) is 0 Å². The van der Waals surface area contributed by atoms with Gasteiger partial charge >= 0.3 is 0 Å². The van der Waals surface area contributed by atoms with Crippen LogP contribution in [0.3, 0.4) is 0 Å². The Morgan fingerprint density at radius 2 is 2.11 bits per heavy atom. The molecular weight excluding hydrogens is 238 g/mol. The van der Waals surface area contributed by atoms with E-state index in [0.717, 1.165) is 37.1 Å². The van der Waals surface area contributed by atoms with Crippen LogP contribution < -0.4 is 0 Å². The van der Waals surface area contributed by atoms with E-state index < -0.39 is 0 Å². The lowest BCUT2D eigenvalue weighted by Gasteiger charge is -2.26. The zero-order valence-corrected chi connectivity index (χ0v) is 12.4. The van der Waals surface area contributed by atoms with Gasteiger partial charge in [0.1, 0.15) is 12.0 Å². The lowest BCUT2D eigenvalue weighted by Crippen LogP contribution is -2.30. The maximum absolute atomic E-state index is 10.4. The first kappa shape index (κ1) is 14.4. The molecule has 3 nitrogen and oxygen atoms in total. The molecule has 2 rings (SSSR count). The minimum absolute atomic E-state index is 0.0392. The van der Waals surface area contributed by atoms with Crippen LogP contribution in [0.25, 0.3) is 0 Å². The number of hydrogen-bond acceptors (Lipinski definition) is 3. The highest BCUT2D eigenvalue weighted by Gasteiger charge is 2.23. The lowest BCUT2D eigenvalue weighted by molar-refractivity contribution is -0.00943. The van der Waals surface area contributed by atoms with Crippen LogP contribution in [0.2, 0.25) is 0 Å². The predicted molar refractivity (Wildman–Crippen MR) is 77.2 cm³/mol. The van der Waals surface area contributed by atoms with Gasteiger partial charge in [-0.05, 0) is 30.9 Å². The monoisotopic (exact) mass is 263 g/mol. The highest BCUT2D eigenvalue weighted by Crippen LogP contribution is 2.33. The Bertz CT molecular complexity index is 431. The van der Waals surface area contributed by atoms with E-state index >= 15 is 0 Å². The number of para-hydroxylation sites is 1. The van der Waals surface area contributed by atoms with Crippen LogP contribution in [0.1, 0.15) is 44.7 Å². The molecule has 0 amide bonds. The fraction of sp³-hybridized carbons (Fsp3) is 0.625. The number of phenols is 1. The largest absolute Gasteiger partial charge is 0.507 e. The molecule has 0 saturated carbocycles. The van der Waals surface area contributed by atoms with Crippen molar-refractivity contribution in [1.29, 1.82) is 0 Å². The fourth-order valence-corrected chi connectivity index (χ4v) is 2.60. The summed E-state index contributed by atoms with van der Waals surface area (Å²) in [5.41, 5.74) is 1.94. The molecule has 0 aliphatic carbocycles. The second kappa shape index (κ2) is 5.51. The molecule has 1 fully saturated rings. The Labute approximate surface area is 116 Å². The Balaban J connectivity index is 2.16. The van der Waals surface area contributed by atoms with E-state index in [1.54, 1.807) is 0 Å². The Kier molecular flexibility index (Phi) is 4.16. The molecule has 1 aromatic carbocycles. The van der Waals surface area contributed by atoms with Crippen molar-refractivity contribution in [3.05, 3.63) is 29.3 Å². The summed E-state index contributed by atoms with van der Waals surface area (Å²) in [5, 5.41) is 10.4. The van der Waals surface area contributed by atoms with E-state index in [9.17, 15) is 5.11 Å². The summed E-state index contributed by atoms with van der Waals surface area (Å²) in [7, 11) is 2.05. The highest BCUT2D eigenvalue weighted by molar-refractivity contribution is 5.43. The van der Waals surface area contributed by atoms with Crippen molar-refractivity contribution in [3.8, 4) is 5.75 Å². The van der Waals surface area contributed by atoms with E-state index in [1.807, 2.05) is 18.2 Å². The van der Waals surface area contributed by atoms with Crippen LogP contribution in [0, 0.1) is 0 Å². The first-order chi connectivity index (χ1) is 8.89. The summed E-state index contributed by atoms with van der Waals surface area (Å²) in [4.78, 5) is 2.18. The third-order valence-electron chi connectivity index (χ3n) is 3.74. The third-order valence-corrected chi connectivity index (χ3v) is 3.74. The molecule has 1 aliphatic rings. The molecule has 1 aromatic rings. The number of rotatable bonds is 3. The first-order valence-electron chi connectivity index (χ1n) is 7.03. The van der Waals surface area contributed by atoms with Crippen LogP contribution in [-0.4, -0.2) is 29.9 Å². The zero-order chi connectivity index (χ0) is 14.0. The second-order valence-corrected chi connectivity index (χ2v) is 6.45. The lowest BCUT2D eigenvalue weighted by atomic mass is 9.85. The topological polar surface area (TPSA) is 32.7 Å². The van der Waals surface area contributed by atoms with Gasteiger partial charge in [-0.15, -0.1) is 0 Å². The molecule has 1 aliphatic heterocycles. The van der Waals surface area contributed by atoms with Crippen molar-refractivity contribution in [2.75, 3.05) is 13.7 Å². The summed E-state index contributed by atoms with van der Waals surface area (Å²) in [5.74, 6) is 0.430. The average Bonchev–Trinajstić information content (AvgIpc) is 2.83. The minimum Gasteiger partial charge on any atom is -0.507 e. The van der Waals surface area contributed by atoms with Crippen LogP contribution >= 0.6 is 0 Å². The molecule has 1 heterocycles. The molecule has 0 spiro atoms. The van der Waals surface area contributed by atoms with Crippen molar-refractivity contribution < 1.29 is 9.84 Å². The molecule has 0 aromatic heterocycles. The number of nitrogens with zero attached hydrogens (tertiary/aromatic N) is 1. The molecule has 19 heavy (non-hydrogen) atoms. The first-order valence-corrected chi connectivity index (χ1v) is 7.03. The van der Waals surface area contributed by atoms with Gasteiger partial charge in [-0.1, -0.05) is 39.0 Å². The van der Waals surface area contributed by atoms with Crippen LogP contribution in [0.5, 0.6) is 5.75 Å². The molecule has 0 radical (unpaired) electrons. The summed E-state index contributed by atoms with van der Waals surface area (Å²) < 4.78 is 5.67. The van der Waals surface area contributed by atoms with Gasteiger partial charge in [0.2, 0.25) is 0 Å². The minimum atomic E-state index is -0.0392. The van der Waals surface area contributed by atoms with E-state index in [-0.39, 0.29) is 11.6 Å². The molecule has 3 heteroatoms. The van der Waals surface area contributed by atoms with E-state index in [1.165, 1.54) is 0 Å². The Morgan fingerprint density at radius 1 is 1.37 bits per heavy atom. The number of phenolic OH excluding ortho intramolecular Hbond substituents is 1. The molecule has 1 saturated heterocycles. The van der Waals surface area contributed by atoms with Crippen LogP contribution in [0.15, 0.2) is 18.2 Å². The molecular formula is C16H25NO2. The van der Waals surface area contributed by atoms with Crippen LogP contribution in [-0.2, 0) is 16.7 Å². The van der Waals surface area contributed by atoms with Crippen molar-refractivity contribution in [2.45, 2.75) is 51.8 Å². The number of aromatic hydroxyl groups is 1. The fourth-order valence-electron chi connectivity index (χ4n) is 2.60. The molecule has 1 unspecified atom stereocenters. The molecule has 0 bridgehead atoms. The Morgan fingerprint density at radius 3 is 2.68 bits per heavy atom. The number of benzene rings is 1. The average molecular weight is 263 g/mol. The Hall–Kier alpha value is -1.06. The van der Waals surface area contributed by atoms with Gasteiger partial charge in [-0.3, -0.25) is 4.90 Å². The van der Waals surface area contributed by atoms with Crippen molar-refractivity contribution in [3.63, 3.8) is 0 Å². The van der Waals surface area contributed by atoms with E-state index in [2.05, 4.69) is 32.7 Å². The van der Waals surface area contributed by atoms with E-state index in [4.69, 9.17) is 4.74 Å².